The van der Waals surface area contributed by atoms with Crippen molar-refractivity contribution in [2.24, 2.45) is 0 Å². The summed E-state index contributed by atoms with van der Waals surface area (Å²) in [6.07, 6.45) is -0.535. The molecule has 0 heterocycles. The lowest BCUT2D eigenvalue weighted by atomic mass is 9.81. The number of benzene rings is 1. The Hall–Kier alpha value is -0.900. The largest absolute Gasteiger partial charge is 0.395 e. The first-order valence-corrected chi connectivity index (χ1v) is 5.56. The van der Waals surface area contributed by atoms with Gasteiger partial charge in [0.1, 0.15) is 0 Å². The second kappa shape index (κ2) is 5.43. The van der Waals surface area contributed by atoms with Crippen molar-refractivity contribution in [2.75, 3.05) is 20.2 Å². The third kappa shape index (κ3) is 2.82. The molecule has 1 rings (SSSR count). The van der Waals surface area contributed by atoms with Crippen LogP contribution in [-0.4, -0.2) is 30.4 Å². The molecule has 1 unspecified atom stereocenters. The second-order valence-corrected chi connectivity index (χ2v) is 4.70. The van der Waals surface area contributed by atoms with E-state index in [1.807, 2.05) is 45.2 Å². The number of likely N-dealkylation sites (N-methyl/N-ethyl adjacent to an activating group) is 1. The predicted octanol–water partition coefficient (Wildman–Crippen LogP) is 1.21. The van der Waals surface area contributed by atoms with Gasteiger partial charge in [0.2, 0.25) is 0 Å². The number of aliphatic hydroxyl groups excluding tert-OH is 2. The predicted molar refractivity (Wildman–Crippen MR) is 65.4 cm³/mol. The molecule has 0 aromatic heterocycles. The third-order valence-electron chi connectivity index (χ3n) is 2.84. The van der Waals surface area contributed by atoms with E-state index in [0.29, 0.717) is 6.54 Å². The Morgan fingerprint density at radius 1 is 1.31 bits per heavy atom. The van der Waals surface area contributed by atoms with Gasteiger partial charge in [-0.05, 0) is 18.2 Å². The quantitative estimate of drug-likeness (QED) is 0.703. The zero-order chi connectivity index (χ0) is 12.2. The first kappa shape index (κ1) is 13.2. The van der Waals surface area contributed by atoms with Crippen LogP contribution < -0.4 is 5.32 Å². The highest BCUT2D eigenvalue weighted by Gasteiger charge is 2.24. The smallest absolute Gasteiger partial charge is 0.0917 e. The Bertz CT molecular complexity index is 336. The fourth-order valence-electron chi connectivity index (χ4n) is 1.79. The summed E-state index contributed by atoms with van der Waals surface area (Å²) in [4.78, 5) is 0. The van der Waals surface area contributed by atoms with Crippen molar-refractivity contribution < 1.29 is 10.2 Å². The maximum Gasteiger partial charge on any atom is 0.0917 e. The van der Waals surface area contributed by atoms with Crippen LogP contribution in [-0.2, 0) is 5.41 Å². The van der Waals surface area contributed by atoms with Crippen molar-refractivity contribution in [2.45, 2.75) is 25.4 Å². The average Bonchev–Trinajstić information content (AvgIpc) is 2.29. The molecule has 3 heteroatoms. The van der Waals surface area contributed by atoms with Crippen LogP contribution in [0.3, 0.4) is 0 Å². The lowest BCUT2D eigenvalue weighted by Gasteiger charge is -2.27. The minimum atomic E-state index is -0.535. The molecule has 0 spiro atoms. The van der Waals surface area contributed by atoms with Crippen molar-refractivity contribution in [1.29, 1.82) is 0 Å². The van der Waals surface area contributed by atoms with Gasteiger partial charge in [-0.2, -0.15) is 0 Å². The van der Waals surface area contributed by atoms with Crippen LogP contribution in [0.25, 0.3) is 0 Å². The highest BCUT2D eigenvalue weighted by atomic mass is 16.3. The van der Waals surface area contributed by atoms with E-state index in [9.17, 15) is 10.2 Å². The summed E-state index contributed by atoms with van der Waals surface area (Å²) in [6.45, 7) is 4.52. The Morgan fingerprint density at radius 3 is 2.50 bits per heavy atom. The molecule has 16 heavy (non-hydrogen) atoms. The molecule has 3 nitrogen and oxygen atoms in total. The number of hydrogen-bond donors (Lipinski definition) is 3. The van der Waals surface area contributed by atoms with E-state index >= 15 is 0 Å². The summed E-state index contributed by atoms with van der Waals surface area (Å²) < 4.78 is 0. The molecule has 0 fully saturated rings. The van der Waals surface area contributed by atoms with Crippen molar-refractivity contribution in [3.05, 3.63) is 35.4 Å². The Labute approximate surface area is 97.1 Å². The Morgan fingerprint density at radius 2 is 1.94 bits per heavy atom. The van der Waals surface area contributed by atoms with Gasteiger partial charge in [-0.1, -0.05) is 38.1 Å². The van der Waals surface area contributed by atoms with Gasteiger partial charge in [0.05, 0.1) is 12.7 Å². The molecule has 0 radical (unpaired) electrons. The van der Waals surface area contributed by atoms with Crippen molar-refractivity contribution >= 4 is 0 Å². The molecule has 0 aliphatic heterocycles. The van der Waals surface area contributed by atoms with Gasteiger partial charge in [0.15, 0.2) is 0 Å². The molecule has 0 aliphatic rings. The van der Waals surface area contributed by atoms with Gasteiger partial charge >= 0.3 is 0 Å². The molecule has 0 saturated heterocycles. The summed E-state index contributed by atoms with van der Waals surface area (Å²) in [6, 6.07) is 7.71. The highest BCUT2D eigenvalue weighted by Crippen LogP contribution is 2.29. The van der Waals surface area contributed by atoms with Crippen LogP contribution in [0.5, 0.6) is 0 Å². The molecule has 0 aliphatic carbocycles. The highest BCUT2D eigenvalue weighted by molar-refractivity contribution is 5.35. The van der Waals surface area contributed by atoms with Crippen LogP contribution in [0.1, 0.15) is 31.1 Å². The van der Waals surface area contributed by atoms with E-state index in [1.54, 1.807) is 0 Å². The van der Waals surface area contributed by atoms with E-state index in [4.69, 9.17) is 0 Å². The van der Waals surface area contributed by atoms with Crippen LogP contribution >= 0.6 is 0 Å². The van der Waals surface area contributed by atoms with E-state index in [2.05, 4.69) is 5.32 Å². The van der Waals surface area contributed by atoms with Gasteiger partial charge in [0, 0.05) is 12.0 Å². The molecule has 1 aromatic rings. The monoisotopic (exact) mass is 223 g/mol. The molecule has 90 valence electrons. The summed E-state index contributed by atoms with van der Waals surface area (Å²) in [7, 11) is 1.81. The minimum Gasteiger partial charge on any atom is -0.395 e. The zero-order valence-electron chi connectivity index (χ0n) is 10.2. The fourth-order valence-corrected chi connectivity index (χ4v) is 1.79. The van der Waals surface area contributed by atoms with Crippen LogP contribution in [0, 0.1) is 0 Å². The molecule has 1 aromatic carbocycles. The fraction of sp³-hybridized carbons (Fsp3) is 0.538. The van der Waals surface area contributed by atoms with Crippen LogP contribution in [0.15, 0.2) is 24.3 Å². The summed E-state index contributed by atoms with van der Waals surface area (Å²) in [5.41, 5.74) is 1.56. The third-order valence-corrected chi connectivity index (χ3v) is 2.84. The zero-order valence-corrected chi connectivity index (χ0v) is 10.2. The van der Waals surface area contributed by atoms with Crippen LogP contribution in [0.4, 0.5) is 0 Å². The molecular formula is C13H21NO2. The normalized spacial score (nSPS) is 13.8. The lowest BCUT2D eigenvalue weighted by molar-refractivity contribution is 0.170. The number of aliphatic hydroxyl groups is 2. The number of nitrogens with one attached hydrogen (secondary N) is 1. The Balaban J connectivity index is 3.09. The SMILES string of the molecule is CNCC(O)c1ccccc1C(C)(C)CO. The summed E-state index contributed by atoms with van der Waals surface area (Å²) in [5.74, 6) is 0. The second-order valence-electron chi connectivity index (χ2n) is 4.70. The topological polar surface area (TPSA) is 52.5 Å². The van der Waals surface area contributed by atoms with E-state index in [1.165, 1.54) is 0 Å². The van der Waals surface area contributed by atoms with E-state index < -0.39 is 6.10 Å². The van der Waals surface area contributed by atoms with Gasteiger partial charge in [-0.25, -0.2) is 0 Å². The lowest BCUT2D eigenvalue weighted by Crippen LogP contribution is -2.26. The van der Waals surface area contributed by atoms with Gasteiger partial charge in [-0.3, -0.25) is 0 Å². The maximum absolute atomic E-state index is 10.0. The van der Waals surface area contributed by atoms with Gasteiger partial charge in [-0.15, -0.1) is 0 Å². The van der Waals surface area contributed by atoms with Crippen molar-refractivity contribution in [1.82, 2.24) is 5.32 Å². The Kier molecular flexibility index (Phi) is 4.47. The summed E-state index contributed by atoms with van der Waals surface area (Å²) in [5, 5.41) is 22.4. The molecule has 0 saturated carbocycles. The van der Waals surface area contributed by atoms with E-state index in [-0.39, 0.29) is 12.0 Å². The molecular weight excluding hydrogens is 202 g/mol. The van der Waals surface area contributed by atoms with Crippen LogP contribution in [0.2, 0.25) is 0 Å². The molecule has 0 amide bonds. The molecule has 1 atom stereocenters. The summed E-state index contributed by atoms with van der Waals surface area (Å²) >= 11 is 0. The van der Waals surface area contributed by atoms with Gasteiger partial charge < -0.3 is 15.5 Å². The molecule has 3 N–H and O–H groups in total. The number of hydrogen-bond acceptors (Lipinski definition) is 3. The van der Waals surface area contributed by atoms with E-state index in [0.717, 1.165) is 11.1 Å². The average molecular weight is 223 g/mol. The first-order chi connectivity index (χ1) is 7.53. The van der Waals surface area contributed by atoms with Crippen molar-refractivity contribution in [3.8, 4) is 0 Å². The van der Waals surface area contributed by atoms with Crippen molar-refractivity contribution in [3.63, 3.8) is 0 Å². The minimum absolute atomic E-state index is 0.0658. The van der Waals surface area contributed by atoms with Gasteiger partial charge in [0.25, 0.3) is 0 Å². The maximum atomic E-state index is 10.0. The first-order valence-electron chi connectivity index (χ1n) is 5.56. The number of rotatable bonds is 5. The standard InChI is InChI=1S/C13H21NO2/c1-13(2,9-15)11-7-5-4-6-10(11)12(16)8-14-3/h4-7,12,14-16H,8-9H2,1-3H3. The molecule has 0 bridgehead atoms.